The lowest BCUT2D eigenvalue weighted by molar-refractivity contribution is -0.146. The van der Waals surface area contributed by atoms with Gasteiger partial charge in [-0.25, -0.2) is 8.93 Å². The van der Waals surface area contributed by atoms with Crippen LogP contribution in [0.5, 0.6) is 0 Å². The average molecular weight is 360 g/mol. The molecular formula is C14H27Cl2NO3S. The minimum Gasteiger partial charge on any atom is -0.469 e. The third kappa shape index (κ3) is 8.38. The number of methoxy groups -OCH3 is 1. The summed E-state index contributed by atoms with van der Waals surface area (Å²) in [7, 11) is 0.121. The number of alkyl halides is 2. The molecule has 0 aliphatic heterocycles. The van der Waals surface area contributed by atoms with Crippen LogP contribution in [0.15, 0.2) is 0 Å². The number of halogens is 2. The van der Waals surface area contributed by atoms with Crippen LogP contribution in [0.2, 0.25) is 0 Å². The summed E-state index contributed by atoms with van der Waals surface area (Å²) in [5.74, 6) is 0.336. The van der Waals surface area contributed by atoms with E-state index in [1.54, 1.807) is 0 Å². The van der Waals surface area contributed by atoms with E-state index in [1.165, 1.54) is 7.11 Å². The van der Waals surface area contributed by atoms with Crippen LogP contribution in [0.25, 0.3) is 0 Å². The second kappa shape index (κ2) is 10.8. The van der Waals surface area contributed by atoms with E-state index < -0.39 is 15.7 Å². The number of ether oxygens (including phenoxy) is 1. The standard InChI is InChI=1S/C14H27Cl2NO3S/c1-14(2,3)21(19)17-12(8-6-10-16)11(7-5-9-15)13(18)20-4/h11-12,17H,5-10H2,1-4H3/t11-,12+,21?/m1/s1. The molecule has 0 radical (unpaired) electrons. The molecule has 0 aromatic heterocycles. The van der Waals surface area contributed by atoms with Gasteiger partial charge in [0.15, 0.2) is 0 Å². The summed E-state index contributed by atoms with van der Waals surface area (Å²) in [5, 5.41) is 0. The van der Waals surface area contributed by atoms with Crippen LogP contribution in [0, 0.1) is 5.92 Å². The fourth-order valence-corrected chi connectivity index (χ4v) is 3.10. The van der Waals surface area contributed by atoms with Crippen LogP contribution in [0.1, 0.15) is 46.5 Å². The Hall–Kier alpha value is 0.160. The highest BCUT2D eigenvalue weighted by Crippen LogP contribution is 2.21. The van der Waals surface area contributed by atoms with E-state index in [1.807, 2.05) is 20.8 Å². The van der Waals surface area contributed by atoms with Gasteiger partial charge in [-0.2, -0.15) is 0 Å². The maximum atomic E-state index is 12.3. The zero-order chi connectivity index (χ0) is 16.5. The molecule has 3 atom stereocenters. The van der Waals surface area contributed by atoms with Gasteiger partial charge in [-0.05, 0) is 46.5 Å². The highest BCUT2D eigenvalue weighted by Gasteiger charge is 2.32. The van der Waals surface area contributed by atoms with E-state index in [4.69, 9.17) is 27.9 Å². The molecule has 4 nitrogen and oxygen atoms in total. The molecule has 0 aromatic rings. The van der Waals surface area contributed by atoms with Crippen LogP contribution in [-0.2, 0) is 20.5 Å². The summed E-state index contributed by atoms with van der Waals surface area (Å²) < 4.78 is 19.9. The van der Waals surface area contributed by atoms with Crippen molar-refractivity contribution in [2.75, 3.05) is 18.9 Å². The SMILES string of the molecule is COC(=O)[C@H](CCCCl)[C@H](CCCCl)NS(=O)C(C)(C)C. The fourth-order valence-electron chi connectivity index (χ4n) is 1.89. The number of hydrogen-bond donors (Lipinski definition) is 1. The number of esters is 1. The van der Waals surface area contributed by atoms with Crippen molar-refractivity contribution in [2.45, 2.75) is 57.2 Å². The van der Waals surface area contributed by atoms with Crippen LogP contribution >= 0.6 is 23.2 Å². The van der Waals surface area contributed by atoms with Gasteiger partial charge in [0.2, 0.25) is 0 Å². The van der Waals surface area contributed by atoms with Gasteiger partial charge in [-0.1, -0.05) is 0 Å². The first-order valence-corrected chi connectivity index (χ1v) is 9.37. The molecule has 0 saturated heterocycles. The Morgan fingerprint density at radius 2 is 1.71 bits per heavy atom. The highest BCUT2D eigenvalue weighted by molar-refractivity contribution is 7.84. The molecule has 0 aromatic carbocycles. The van der Waals surface area contributed by atoms with Gasteiger partial charge < -0.3 is 4.74 Å². The van der Waals surface area contributed by atoms with Gasteiger partial charge >= 0.3 is 5.97 Å². The Labute approximate surface area is 140 Å². The summed E-state index contributed by atoms with van der Waals surface area (Å²) in [6.07, 6.45) is 2.74. The molecule has 0 rings (SSSR count). The Morgan fingerprint density at radius 1 is 1.19 bits per heavy atom. The van der Waals surface area contributed by atoms with Gasteiger partial charge in [-0.3, -0.25) is 4.79 Å². The molecule has 7 heteroatoms. The van der Waals surface area contributed by atoms with Gasteiger partial charge in [0.1, 0.15) is 0 Å². The Balaban J connectivity index is 5.02. The summed E-state index contributed by atoms with van der Waals surface area (Å²) in [6.45, 7) is 5.67. The topological polar surface area (TPSA) is 55.4 Å². The molecule has 0 bridgehead atoms. The predicted octanol–water partition coefficient (Wildman–Crippen LogP) is 3.23. The van der Waals surface area contributed by atoms with E-state index in [-0.39, 0.29) is 17.9 Å². The minimum atomic E-state index is -1.25. The predicted molar refractivity (Wildman–Crippen MR) is 90.2 cm³/mol. The average Bonchev–Trinajstić information content (AvgIpc) is 2.42. The quantitative estimate of drug-likeness (QED) is 0.481. The number of nitrogens with one attached hydrogen (secondary N) is 1. The molecule has 0 saturated carbocycles. The smallest absolute Gasteiger partial charge is 0.310 e. The molecule has 0 aliphatic rings. The van der Waals surface area contributed by atoms with E-state index in [0.29, 0.717) is 31.0 Å². The molecule has 0 fully saturated rings. The molecule has 1 N–H and O–H groups in total. The van der Waals surface area contributed by atoms with Crippen molar-refractivity contribution in [1.82, 2.24) is 4.72 Å². The number of carbonyl (C=O) groups is 1. The number of carbonyl (C=O) groups excluding carboxylic acids is 1. The second-order valence-corrected chi connectivity index (χ2v) is 8.65. The Bertz CT molecular complexity index is 335. The maximum absolute atomic E-state index is 12.3. The number of hydrogen-bond acceptors (Lipinski definition) is 3. The van der Waals surface area contributed by atoms with Gasteiger partial charge in [0, 0.05) is 17.8 Å². The normalized spacial score (nSPS) is 16.3. The fraction of sp³-hybridized carbons (Fsp3) is 0.929. The van der Waals surface area contributed by atoms with Crippen molar-refractivity contribution in [3.8, 4) is 0 Å². The first-order chi connectivity index (χ1) is 9.77. The zero-order valence-electron chi connectivity index (χ0n) is 13.3. The first kappa shape index (κ1) is 21.2. The Kier molecular flexibility index (Phi) is 10.9. The largest absolute Gasteiger partial charge is 0.469 e. The van der Waals surface area contributed by atoms with Gasteiger partial charge in [0.25, 0.3) is 0 Å². The summed E-state index contributed by atoms with van der Waals surface area (Å²) in [5.41, 5.74) is 0. The lowest BCUT2D eigenvalue weighted by Gasteiger charge is -2.29. The molecule has 126 valence electrons. The molecular weight excluding hydrogens is 333 g/mol. The second-order valence-electron chi connectivity index (χ2n) is 5.90. The maximum Gasteiger partial charge on any atom is 0.310 e. The third-order valence-corrected chi connectivity index (χ3v) is 5.27. The molecule has 0 heterocycles. The van der Waals surface area contributed by atoms with E-state index in [9.17, 15) is 9.00 Å². The molecule has 1 unspecified atom stereocenters. The number of rotatable bonds is 10. The summed E-state index contributed by atoms with van der Waals surface area (Å²) in [4.78, 5) is 12.0. The minimum absolute atomic E-state index is 0.223. The van der Waals surface area contributed by atoms with Crippen LogP contribution in [0.4, 0.5) is 0 Å². The Morgan fingerprint density at radius 3 is 2.14 bits per heavy atom. The van der Waals surface area contributed by atoms with Crippen molar-refractivity contribution >= 4 is 40.2 Å². The zero-order valence-corrected chi connectivity index (χ0v) is 15.6. The van der Waals surface area contributed by atoms with Crippen molar-refractivity contribution in [2.24, 2.45) is 5.92 Å². The van der Waals surface area contributed by atoms with Gasteiger partial charge in [0.05, 0.1) is 28.8 Å². The molecule has 0 spiro atoms. The van der Waals surface area contributed by atoms with Gasteiger partial charge in [-0.15, -0.1) is 23.2 Å². The molecule has 0 aliphatic carbocycles. The monoisotopic (exact) mass is 359 g/mol. The van der Waals surface area contributed by atoms with Crippen molar-refractivity contribution < 1.29 is 13.7 Å². The van der Waals surface area contributed by atoms with E-state index in [2.05, 4.69) is 4.72 Å². The van der Waals surface area contributed by atoms with Crippen molar-refractivity contribution in [3.05, 3.63) is 0 Å². The van der Waals surface area contributed by atoms with Crippen molar-refractivity contribution in [1.29, 1.82) is 0 Å². The summed E-state index contributed by atoms with van der Waals surface area (Å²) >= 11 is 11.5. The lowest BCUT2D eigenvalue weighted by Crippen LogP contribution is -2.46. The van der Waals surface area contributed by atoms with Crippen LogP contribution < -0.4 is 4.72 Å². The van der Waals surface area contributed by atoms with E-state index >= 15 is 0 Å². The first-order valence-electron chi connectivity index (χ1n) is 7.15. The van der Waals surface area contributed by atoms with E-state index in [0.717, 1.165) is 6.42 Å². The third-order valence-electron chi connectivity index (χ3n) is 3.10. The highest BCUT2D eigenvalue weighted by atomic mass is 35.5. The lowest BCUT2D eigenvalue weighted by atomic mass is 9.92. The van der Waals surface area contributed by atoms with Crippen LogP contribution in [0.3, 0.4) is 0 Å². The van der Waals surface area contributed by atoms with Crippen LogP contribution in [-0.4, -0.2) is 39.8 Å². The molecule has 21 heavy (non-hydrogen) atoms. The summed E-state index contributed by atoms with van der Waals surface area (Å²) in [6, 6.07) is -0.223. The molecule has 0 amide bonds. The van der Waals surface area contributed by atoms with Crippen molar-refractivity contribution in [3.63, 3.8) is 0 Å².